The van der Waals surface area contributed by atoms with E-state index in [9.17, 15) is 9.59 Å². The number of fused-ring (bicyclic) bond motifs is 1. The first-order valence-corrected chi connectivity index (χ1v) is 6.90. The van der Waals surface area contributed by atoms with Crippen molar-refractivity contribution < 1.29 is 19.1 Å². The minimum absolute atomic E-state index is 0.162. The fourth-order valence-corrected chi connectivity index (χ4v) is 2.09. The van der Waals surface area contributed by atoms with E-state index in [-0.39, 0.29) is 12.6 Å². The molecule has 23 heavy (non-hydrogen) atoms. The molecule has 0 radical (unpaired) electrons. The van der Waals surface area contributed by atoms with Crippen LogP contribution >= 0.6 is 0 Å². The molecule has 1 aliphatic rings. The van der Waals surface area contributed by atoms with E-state index in [1.165, 1.54) is 12.3 Å². The molecule has 3 N–H and O–H groups in total. The molecule has 0 atom stereocenters. The number of allylic oxidation sites excluding steroid dienone is 1. The molecule has 0 bridgehead atoms. The van der Waals surface area contributed by atoms with Crippen LogP contribution in [0, 0.1) is 0 Å². The van der Waals surface area contributed by atoms with Gasteiger partial charge >= 0.3 is 0 Å². The fraction of sp³-hybridized carbons (Fsp3) is 0.0588. The molecular weight excluding hydrogens is 296 g/mol. The summed E-state index contributed by atoms with van der Waals surface area (Å²) in [6.45, 7) is 0.172. The van der Waals surface area contributed by atoms with E-state index in [1.54, 1.807) is 42.5 Å². The topological polar surface area (TPSA) is 90.7 Å². The first-order chi connectivity index (χ1) is 11.1. The van der Waals surface area contributed by atoms with E-state index >= 15 is 0 Å². The molecule has 2 aromatic rings. The first-order valence-electron chi connectivity index (χ1n) is 6.90. The fourth-order valence-electron chi connectivity index (χ4n) is 2.09. The number of carbonyl (C=O) groups is 2. The van der Waals surface area contributed by atoms with Gasteiger partial charge in [0.05, 0.1) is 0 Å². The predicted octanol–water partition coefficient (Wildman–Crippen LogP) is 2.32. The Bertz CT molecular complexity index is 782. The number of amides is 1. The van der Waals surface area contributed by atoms with Crippen molar-refractivity contribution in [3.05, 3.63) is 65.9 Å². The molecule has 0 aromatic heterocycles. The molecule has 0 fully saturated rings. The number of primary amides is 1. The Balaban J connectivity index is 1.63. The molecule has 0 spiro atoms. The highest BCUT2D eigenvalue weighted by Crippen LogP contribution is 2.32. The van der Waals surface area contributed by atoms with Crippen LogP contribution in [0.4, 0.5) is 5.69 Å². The summed E-state index contributed by atoms with van der Waals surface area (Å²) >= 11 is 0. The third-order valence-corrected chi connectivity index (χ3v) is 3.31. The zero-order chi connectivity index (χ0) is 16.2. The van der Waals surface area contributed by atoms with Crippen LogP contribution < -0.4 is 20.5 Å². The van der Waals surface area contributed by atoms with Gasteiger partial charge in [0.2, 0.25) is 12.7 Å². The Labute approximate surface area is 132 Å². The van der Waals surface area contributed by atoms with E-state index in [0.29, 0.717) is 22.6 Å². The number of carbonyl (C=O) groups excluding carboxylic acids is 2. The molecule has 6 nitrogen and oxygen atoms in total. The van der Waals surface area contributed by atoms with Crippen LogP contribution in [0.25, 0.3) is 0 Å². The van der Waals surface area contributed by atoms with Gasteiger partial charge in [-0.05, 0) is 42.5 Å². The van der Waals surface area contributed by atoms with Crippen molar-refractivity contribution in [3.63, 3.8) is 0 Å². The minimum Gasteiger partial charge on any atom is -0.454 e. The highest BCUT2D eigenvalue weighted by Gasteiger charge is 2.14. The minimum atomic E-state index is -0.481. The van der Waals surface area contributed by atoms with E-state index in [1.807, 2.05) is 0 Å². The van der Waals surface area contributed by atoms with Crippen molar-refractivity contribution in [1.82, 2.24) is 0 Å². The molecule has 0 aliphatic carbocycles. The Morgan fingerprint density at radius 2 is 1.70 bits per heavy atom. The van der Waals surface area contributed by atoms with E-state index in [4.69, 9.17) is 15.2 Å². The van der Waals surface area contributed by atoms with Crippen molar-refractivity contribution in [2.45, 2.75) is 0 Å². The largest absolute Gasteiger partial charge is 0.454 e. The molecule has 1 aliphatic heterocycles. The van der Waals surface area contributed by atoms with Crippen LogP contribution in [-0.2, 0) is 0 Å². The number of nitrogens with one attached hydrogen (secondary N) is 1. The zero-order valence-corrected chi connectivity index (χ0v) is 12.1. The van der Waals surface area contributed by atoms with Crippen LogP contribution in [-0.4, -0.2) is 18.5 Å². The monoisotopic (exact) mass is 310 g/mol. The predicted molar refractivity (Wildman–Crippen MR) is 84.6 cm³/mol. The maximum Gasteiger partial charge on any atom is 0.248 e. The van der Waals surface area contributed by atoms with E-state index < -0.39 is 5.91 Å². The number of hydrogen-bond acceptors (Lipinski definition) is 5. The average Bonchev–Trinajstić information content (AvgIpc) is 3.02. The number of hydrogen-bond donors (Lipinski definition) is 2. The van der Waals surface area contributed by atoms with Crippen molar-refractivity contribution in [2.24, 2.45) is 5.73 Å². The van der Waals surface area contributed by atoms with Gasteiger partial charge in [-0.15, -0.1) is 0 Å². The highest BCUT2D eigenvalue weighted by molar-refractivity contribution is 6.05. The Morgan fingerprint density at radius 1 is 1.00 bits per heavy atom. The van der Waals surface area contributed by atoms with Crippen molar-refractivity contribution >= 4 is 17.4 Å². The second-order valence-corrected chi connectivity index (χ2v) is 4.85. The zero-order valence-electron chi connectivity index (χ0n) is 12.1. The molecule has 3 rings (SSSR count). The SMILES string of the molecule is NC(=O)c1ccc(N/C=C/C(=O)c2ccc3c(c2)OCO3)cc1. The molecule has 0 saturated heterocycles. The number of rotatable bonds is 5. The van der Waals surface area contributed by atoms with Crippen LogP contribution in [0.1, 0.15) is 20.7 Å². The second-order valence-electron chi connectivity index (χ2n) is 4.85. The smallest absolute Gasteiger partial charge is 0.248 e. The Kier molecular flexibility index (Phi) is 3.97. The van der Waals surface area contributed by atoms with Gasteiger partial charge in [0, 0.05) is 29.1 Å². The molecule has 0 unspecified atom stereocenters. The van der Waals surface area contributed by atoms with Gasteiger partial charge in [-0.3, -0.25) is 9.59 Å². The number of ketones is 1. The van der Waals surface area contributed by atoms with Crippen molar-refractivity contribution in [2.75, 3.05) is 12.1 Å². The van der Waals surface area contributed by atoms with Gasteiger partial charge in [-0.1, -0.05) is 0 Å². The maximum absolute atomic E-state index is 12.1. The van der Waals surface area contributed by atoms with E-state index in [2.05, 4.69) is 5.32 Å². The second kappa shape index (κ2) is 6.23. The van der Waals surface area contributed by atoms with Gasteiger partial charge in [-0.25, -0.2) is 0 Å². The lowest BCUT2D eigenvalue weighted by molar-refractivity contribution is 0.0999. The standard InChI is InChI=1S/C17H14N2O4/c18-17(21)11-1-4-13(5-2-11)19-8-7-14(20)12-3-6-15-16(9-12)23-10-22-15/h1-9,19H,10H2,(H2,18,21)/b8-7+. The molecule has 2 aromatic carbocycles. The summed E-state index contributed by atoms with van der Waals surface area (Å²) in [4.78, 5) is 23.1. The Morgan fingerprint density at radius 3 is 2.43 bits per heavy atom. The average molecular weight is 310 g/mol. The van der Waals surface area contributed by atoms with E-state index in [0.717, 1.165) is 5.69 Å². The summed E-state index contributed by atoms with van der Waals surface area (Å²) < 4.78 is 10.4. The third kappa shape index (κ3) is 3.32. The summed E-state index contributed by atoms with van der Waals surface area (Å²) in [6.07, 6.45) is 2.95. The number of ether oxygens (including phenoxy) is 2. The molecule has 6 heteroatoms. The highest BCUT2D eigenvalue weighted by atomic mass is 16.7. The molecule has 0 saturated carbocycles. The van der Waals surface area contributed by atoms with Gasteiger partial charge in [0.25, 0.3) is 0 Å². The van der Waals surface area contributed by atoms with Crippen LogP contribution in [0.2, 0.25) is 0 Å². The number of nitrogens with two attached hydrogens (primary N) is 1. The van der Waals surface area contributed by atoms with Crippen molar-refractivity contribution in [1.29, 1.82) is 0 Å². The normalized spacial score (nSPS) is 12.3. The van der Waals surface area contributed by atoms with Crippen LogP contribution in [0.15, 0.2) is 54.7 Å². The van der Waals surface area contributed by atoms with Gasteiger partial charge in [0.1, 0.15) is 0 Å². The number of benzene rings is 2. The van der Waals surface area contributed by atoms with Crippen LogP contribution in [0.3, 0.4) is 0 Å². The maximum atomic E-state index is 12.1. The quantitative estimate of drug-likeness (QED) is 0.653. The summed E-state index contributed by atoms with van der Waals surface area (Å²) in [5, 5.41) is 2.95. The van der Waals surface area contributed by atoms with Gasteiger partial charge in [-0.2, -0.15) is 0 Å². The first kappa shape index (κ1) is 14.6. The van der Waals surface area contributed by atoms with Crippen LogP contribution in [0.5, 0.6) is 11.5 Å². The molecule has 116 valence electrons. The lowest BCUT2D eigenvalue weighted by Crippen LogP contribution is -2.10. The molecular formula is C17H14N2O4. The third-order valence-electron chi connectivity index (χ3n) is 3.31. The summed E-state index contributed by atoms with van der Waals surface area (Å²) in [7, 11) is 0. The summed E-state index contributed by atoms with van der Waals surface area (Å²) in [5.41, 5.74) is 6.85. The lowest BCUT2D eigenvalue weighted by atomic mass is 10.1. The lowest BCUT2D eigenvalue weighted by Gasteiger charge is -2.02. The Hall–Kier alpha value is -3.28. The molecule has 1 heterocycles. The van der Waals surface area contributed by atoms with Crippen molar-refractivity contribution in [3.8, 4) is 11.5 Å². The summed E-state index contributed by atoms with van der Waals surface area (Å²) in [5.74, 6) is 0.562. The number of anilines is 1. The van der Waals surface area contributed by atoms with Gasteiger partial charge in [0.15, 0.2) is 17.3 Å². The summed E-state index contributed by atoms with van der Waals surface area (Å²) in [6, 6.07) is 11.7. The molecule has 1 amide bonds. The van der Waals surface area contributed by atoms with Gasteiger partial charge < -0.3 is 20.5 Å².